The predicted octanol–water partition coefficient (Wildman–Crippen LogP) is -2.55. The lowest BCUT2D eigenvalue weighted by Gasteiger charge is -2.19. The van der Waals surface area contributed by atoms with Gasteiger partial charge in [-0.25, -0.2) is 0 Å². The molecule has 10 nitrogen and oxygen atoms in total. The number of nitrogens with zero attached hydrogens (tertiary/aromatic N) is 6. The van der Waals surface area contributed by atoms with E-state index in [4.69, 9.17) is 11.5 Å². The summed E-state index contributed by atoms with van der Waals surface area (Å²) >= 11 is 0. The molecule has 0 atom stereocenters. The smallest absolute Gasteiger partial charge is 0.231 e. The second kappa shape index (κ2) is 2.53. The first-order valence-corrected chi connectivity index (χ1v) is 3.27. The number of nitrogens with two attached hydrogens (primary N) is 2. The number of hydrogen-bond donors (Lipinski definition) is 4. The van der Waals surface area contributed by atoms with Gasteiger partial charge in [0.1, 0.15) is 0 Å². The number of aromatic nitrogens is 4. The van der Waals surface area contributed by atoms with E-state index in [0.717, 1.165) is 0 Å². The summed E-state index contributed by atoms with van der Waals surface area (Å²) in [6, 6.07) is 0. The molecular weight excluding hydrogens is 176 g/mol. The Hall–Kier alpha value is -1.94. The largest absolute Gasteiger partial charge is 0.288 e. The van der Waals surface area contributed by atoms with Crippen LogP contribution in [0.15, 0.2) is 15.4 Å². The Kier molecular flexibility index (Phi) is 1.50. The number of nitrogens with one attached hydrogen (secondary N) is 2. The second-order valence-corrected chi connectivity index (χ2v) is 2.32. The van der Waals surface area contributed by atoms with Gasteiger partial charge in [-0.3, -0.25) is 11.5 Å². The van der Waals surface area contributed by atoms with E-state index in [9.17, 15) is 0 Å². The van der Waals surface area contributed by atoms with Crippen LogP contribution in [0.1, 0.15) is 5.82 Å². The van der Waals surface area contributed by atoms with Gasteiger partial charge in [-0.1, -0.05) is 5.22 Å². The lowest BCUT2D eigenvalue weighted by Crippen LogP contribution is -2.57. The fraction of sp³-hybridized carbons (Fsp3) is 0.333. The number of hydrogen-bond acceptors (Lipinski definition) is 9. The number of H-pyrrole nitrogens is 1. The molecule has 0 amide bonds. The lowest BCUT2D eigenvalue weighted by molar-refractivity contribution is 0.513. The van der Waals surface area contributed by atoms with Gasteiger partial charge in [-0.15, -0.1) is 15.3 Å². The summed E-state index contributed by atoms with van der Waals surface area (Å²) in [7, 11) is 0. The van der Waals surface area contributed by atoms with Gasteiger partial charge in [0.2, 0.25) is 11.6 Å². The van der Waals surface area contributed by atoms with Gasteiger partial charge in [-0.2, -0.15) is 15.8 Å². The fourth-order valence-electron chi connectivity index (χ4n) is 0.806. The minimum absolute atomic E-state index is 0.163. The molecule has 1 aromatic rings. The highest BCUT2D eigenvalue weighted by Gasteiger charge is 2.33. The van der Waals surface area contributed by atoms with E-state index in [1.807, 2.05) is 0 Å². The molecule has 0 saturated carbocycles. The number of rotatable bonds is 1. The van der Waals surface area contributed by atoms with Crippen LogP contribution in [0.2, 0.25) is 0 Å². The van der Waals surface area contributed by atoms with Gasteiger partial charge in [0.05, 0.1) is 0 Å². The molecule has 1 aromatic heterocycles. The highest BCUT2D eigenvalue weighted by Crippen LogP contribution is 2.06. The average Bonchev–Trinajstić information content (AvgIpc) is 2.55. The molecular formula is C3H6N10. The molecule has 6 N–H and O–H groups in total. The molecule has 0 bridgehead atoms. The predicted molar refractivity (Wildman–Crippen MR) is 39.8 cm³/mol. The zero-order chi connectivity index (χ0) is 9.31. The maximum atomic E-state index is 5.54. The SMILES string of the molecule is NC1(N)N=NNN=C1c1nn[nH]n1. The molecule has 0 aromatic carbocycles. The van der Waals surface area contributed by atoms with Crippen LogP contribution in [-0.2, 0) is 0 Å². The summed E-state index contributed by atoms with van der Waals surface area (Å²) in [6.07, 6.45) is 0. The summed E-state index contributed by atoms with van der Waals surface area (Å²) in [5.74, 6) is -1.34. The van der Waals surface area contributed by atoms with Crippen molar-refractivity contribution in [3.8, 4) is 0 Å². The van der Waals surface area contributed by atoms with Gasteiger partial charge in [0, 0.05) is 0 Å². The van der Waals surface area contributed by atoms with E-state index in [0.29, 0.717) is 0 Å². The van der Waals surface area contributed by atoms with Crippen LogP contribution in [0.25, 0.3) is 0 Å². The Bertz CT molecular complexity index is 344. The normalized spacial score (nSPS) is 19.4. The van der Waals surface area contributed by atoms with Gasteiger partial charge in [0.25, 0.3) is 0 Å². The Morgan fingerprint density at radius 3 is 2.77 bits per heavy atom. The minimum atomic E-state index is -1.52. The minimum Gasteiger partial charge on any atom is -0.288 e. The molecule has 0 fully saturated rings. The van der Waals surface area contributed by atoms with Gasteiger partial charge >= 0.3 is 0 Å². The van der Waals surface area contributed by atoms with Crippen LogP contribution in [0, 0.1) is 0 Å². The second-order valence-electron chi connectivity index (χ2n) is 2.32. The number of tetrazole rings is 1. The highest BCUT2D eigenvalue weighted by atomic mass is 15.6. The van der Waals surface area contributed by atoms with Gasteiger partial charge in [0.15, 0.2) is 5.71 Å². The Morgan fingerprint density at radius 1 is 1.31 bits per heavy atom. The van der Waals surface area contributed by atoms with Gasteiger partial charge in [-0.05, 0) is 5.21 Å². The third-order valence-corrected chi connectivity index (χ3v) is 1.36. The molecule has 0 spiro atoms. The standard InChI is InChI=1S/C3H6N10/c4-3(5)1(6-10-13-9-3)2-7-11-12-8-2/h4-5H2,(H,9,10)(H,7,8,11,12). The van der Waals surface area contributed by atoms with Crippen molar-refractivity contribution in [3.63, 3.8) is 0 Å². The molecule has 0 aliphatic carbocycles. The quantitative estimate of drug-likeness (QED) is 0.350. The van der Waals surface area contributed by atoms with Crippen LogP contribution >= 0.6 is 0 Å². The third-order valence-electron chi connectivity index (χ3n) is 1.36. The lowest BCUT2D eigenvalue weighted by atomic mass is 10.2. The molecule has 2 rings (SSSR count). The number of aromatic amines is 1. The number of hydrazone groups is 1. The fourth-order valence-corrected chi connectivity index (χ4v) is 0.806. The molecule has 2 heterocycles. The van der Waals surface area contributed by atoms with Crippen molar-refractivity contribution in [1.29, 1.82) is 0 Å². The molecule has 0 unspecified atom stereocenters. The first-order valence-electron chi connectivity index (χ1n) is 3.27. The summed E-state index contributed by atoms with van der Waals surface area (Å²) in [4.78, 5) is 0. The Labute approximate surface area is 71.4 Å². The Balaban J connectivity index is 2.39. The van der Waals surface area contributed by atoms with Crippen molar-refractivity contribution in [2.45, 2.75) is 5.79 Å². The summed E-state index contributed by atoms with van der Waals surface area (Å²) in [6.45, 7) is 0. The first-order chi connectivity index (χ1) is 6.20. The molecule has 1 aliphatic heterocycles. The molecule has 0 radical (unpaired) electrons. The van der Waals surface area contributed by atoms with Crippen molar-refractivity contribution in [2.75, 3.05) is 0 Å². The van der Waals surface area contributed by atoms with Crippen LogP contribution in [0.3, 0.4) is 0 Å². The van der Waals surface area contributed by atoms with E-state index < -0.39 is 5.79 Å². The molecule has 0 saturated heterocycles. The Morgan fingerprint density at radius 2 is 2.15 bits per heavy atom. The van der Waals surface area contributed by atoms with Crippen LogP contribution in [0.4, 0.5) is 0 Å². The molecule has 68 valence electrons. The van der Waals surface area contributed by atoms with E-state index in [1.54, 1.807) is 0 Å². The zero-order valence-electron chi connectivity index (χ0n) is 6.34. The first kappa shape index (κ1) is 7.70. The maximum Gasteiger partial charge on any atom is 0.231 e. The highest BCUT2D eigenvalue weighted by molar-refractivity contribution is 6.03. The monoisotopic (exact) mass is 182 g/mol. The topological polar surface area (TPSA) is 156 Å². The molecule has 13 heavy (non-hydrogen) atoms. The van der Waals surface area contributed by atoms with Crippen molar-refractivity contribution in [2.24, 2.45) is 26.9 Å². The van der Waals surface area contributed by atoms with Crippen molar-refractivity contribution >= 4 is 5.71 Å². The van der Waals surface area contributed by atoms with Crippen molar-refractivity contribution in [3.05, 3.63) is 5.82 Å². The zero-order valence-corrected chi connectivity index (χ0v) is 6.34. The molecule has 10 heteroatoms. The van der Waals surface area contributed by atoms with E-state index in [-0.39, 0.29) is 11.5 Å². The van der Waals surface area contributed by atoms with E-state index in [2.05, 4.69) is 41.6 Å². The average molecular weight is 182 g/mol. The van der Waals surface area contributed by atoms with Crippen LogP contribution in [0.5, 0.6) is 0 Å². The van der Waals surface area contributed by atoms with E-state index >= 15 is 0 Å². The van der Waals surface area contributed by atoms with E-state index in [1.165, 1.54) is 0 Å². The van der Waals surface area contributed by atoms with Crippen molar-refractivity contribution < 1.29 is 0 Å². The summed E-state index contributed by atoms with van der Waals surface area (Å²) in [5.41, 5.74) is 13.5. The van der Waals surface area contributed by atoms with Crippen LogP contribution < -0.4 is 17.0 Å². The molecule has 1 aliphatic rings. The summed E-state index contributed by atoms with van der Waals surface area (Å²) in [5, 5.41) is 23.4. The maximum absolute atomic E-state index is 5.54. The van der Waals surface area contributed by atoms with Crippen molar-refractivity contribution in [1.82, 2.24) is 26.2 Å². The van der Waals surface area contributed by atoms with Gasteiger partial charge < -0.3 is 0 Å². The summed E-state index contributed by atoms with van der Waals surface area (Å²) < 4.78 is 0. The van der Waals surface area contributed by atoms with Crippen LogP contribution in [-0.4, -0.2) is 32.1 Å². The third kappa shape index (κ3) is 1.23.